The molecule has 0 unspecified atom stereocenters. The lowest BCUT2D eigenvalue weighted by Crippen LogP contribution is -2.08. The van der Waals surface area contributed by atoms with Crippen molar-refractivity contribution in [2.75, 3.05) is 0 Å². The van der Waals surface area contributed by atoms with Crippen molar-refractivity contribution in [2.45, 2.75) is 6.92 Å². The number of carboxylic acids is 1. The average Bonchev–Trinajstić information content (AvgIpc) is 2.93. The molecule has 0 bridgehead atoms. The molecule has 0 spiro atoms. The number of carbonyl (C=O) groups is 1. The predicted octanol–water partition coefficient (Wildman–Crippen LogP) is 2.46. The summed E-state index contributed by atoms with van der Waals surface area (Å²) >= 11 is 1.53. The summed E-state index contributed by atoms with van der Waals surface area (Å²) < 4.78 is 1.36. The quantitative estimate of drug-likeness (QED) is 0.767. The van der Waals surface area contributed by atoms with Crippen LogP contribution in [-0.4, -0.2) is 25.7 Å². The summed E-state index contributed by atoms with van der Waals surface area (Å²) in [4.78, 5) is 16.6. The molecule has 0 aliphatic heterocycles. The van der Waals surface area contributed by atoms with E-state index < -0.39 is 5.97 Å². The van der Waals surface area contributed by atoms with Crippen molar-refractivity contribution < 1.29 is 9.90 Å². The van der Waals surface area contributed by atoms with E-state index in [9.17, 15) is 9.90 Å². The van der Waals surface area contributed by atoms with Crippen LogP contribution in [0.4, 0.5) is 0 Å². The van der Waals surface area contributed by atoms with Gasteiger partial charge in [-0.05, 0) is 24.4 Å². The second-order valence-electron chi connectivity index (χ2n) is 3.86. The lowest BCUT2D eigenvalue weighted by molar-refractivity contribution is 0.0687. The van der Waals surface area contributed by atoms with Crippen LogP contribution in [0.2, 0.25) is 0 Å². The van der Waals surface area contributed by atoms with Crippen LogP contribution in [0.25, 0.3) is 16.2 Å². The third-order valence-electron chi connectivity index (χ3n) is 2.54. The molecule has 3 aromatic rings. The third-order valence-corrected chi connectivity index (χ3v) is 3.43. The minimum absolute atomic E-state index is 0.122. The Kier molecular flexibility index (Phi) is 2.38. The maximum absolute atomic E-state index is 11.3. The number of aromatic carboxylic acids is 1. The summed E-state index contributed by atoms with van der Waals surface area (Å²) in [5.41, 5.74) is 2.08. The van der Waals surface area contributed by atoms with Crippen LogP contribution in [0.5, 0.6) is 0 Å². The Morgan fingerprint density at radius 2 is 2.28 bits per heavy atom. The smallest absolute Gasteiger partial charge is 0.354 e. The standard InChI is InChI=1S/C12H9N3O2S/c1-7-5-11-13-8(10-3-2-4-18-10)6-9(12(16)17)15(11)14-7/h2-6H,1H3,(H,16,17). The predicted molar refractivity (Wildman–Crippen MR) is 68.0 cm³/mol. The Bertz CT molecular complexity index is 731. The van der Waals surface area contributed by atoms with Crippen molar-refractivity contribution >= 4 is 23.0 Å². The molecular formula is C12H9N3O2S. The van der Waals surface area contributed by atoms with Gasteiger partial charge in [0.15, 0.2) is 11.3 Å². The highest BCUT2D eigenvalue weighted by Gasteiger charge is 2.14. The highest BCUT2D eigenvalue weighted by atomic mass is 32.1. The Balaban J connectivity index is 2.33. The van der Waals surface area contributed by atoms with Gasteiger partial charge in [-0.2, -0.15) is 5.10 Å². The fourth-order valence-corrected chi connectivity index (χ4v) is 2.48. The molecular weight excluding hydrogens is 250 g/mol. The molecule has 0 fully saturated rings. The lowest BCUT2D eigenvalue weighted by Gasteiger charge is -2.02. The van der Waals surface area contributed by atoms with Gasteiger partial charge in [0, 0.05) is 6.07 Å². The van der Waals surface area contributed by atoms with Gasteiger partial charge in [0.25, 0.3) is 0 Å². The second kappa shape index (κ2) is 3.92. The number of nitrogens with zero attached hydrogens (tertiary/aromatic N) is 3. The molecule has 0 amide bonds. The normalized spacial score (nSPS) is 10.9. The highest BCUT2D eigenvalue weighted by molar-refractivity contribution is 7.13. The molecule has 0 saturated heterocycles. The second-order valence-corrected chi connectivity index (χ2v) is 4.81. The van der Waals surface area contributed by atoms with Gasteiger partial charge < -0.3 is 5.11 Å². The van der Waals surface area contributed by atoms with E-state index >= 15 is 0 Å². The number of aromatic nitrogens is 3. The first-order valence-corrected chi connectivity index (χ1v) is 6.18. The van der Waals surface area contributed by atoms with E-state index in [4.69, 9.17) is 0 Å². The van der Waals surface area contributed by atoms with E-state index in [1.165, 1.54) is 15.9 Å². The van der Waals surface area contributed by atoms with E-state index in [1.54, 1.807) is 12.1 Å². The molecule has 1 N–H and O–H groups in total. The molecule has 0 radical (unpaired) electrons. The molecule has 0 aliphatic carbocycles. The molecule has 90 valence electrons. The molecule has 0 aromatic carbocycles. The summed E-state index contributed by atoms with van der Waals surface area (Å²) in [6.07, 6.45) is 0. The number of carboxylic acid groups (broad SMARTS) is 1. The summed E-state index contributed by atoms with van der Waals surface area (Å²) in [5, 5.41) is 15.3. The van der Waals surface area contributed by atoms with E-state index in [2.05, 4.69) is 10.1 Å². The van der Waals surface area contributed by atoms with Gasteiger partial charge in [-0.1, -0.05) is 6.07 Å². The Labute approximate surface area is 106 Å². The average molecular weight is 259 g/mol. The van der Waals surface area contributed by atoms with Crippen molar-refractivity contribution in [1.29, 1.82) is 0 Å². The molecule has 0 aliphatic rings. The largest absolute Gasteiger partial charge is 0.477 e. The number of rotatable bonds is 2. The van der Waals surface area contributed by atoms with Crippen LogP contribution in [0.15, 0.2) is 29.6 Å². The fraction of sp³-hybridized carbons (Fsp3) is 0.0833. The van der Waals surface area contributed by atoms with E-state index in [0.29, 0.717) is 11.3 Å². The summed E-state index contributed by atoms with van der Waals surface area (Å²) in [6.45, 7) is 1.81. The summed E-state index contributed by atoms with van der Waals surface area (Å²) in [7, 11) is 0. The maximum atomic E-state index is 11.3. The number of hydrogen-bond acceptors (Lipinski definition) is 4. The van der Waals surface area contributed by atoms with Gasteiger partial charge in [-0.15, -0.1) is 11.3 Å². The Hall–Kier alpha value is -2.21. The molecule has 0 atom stereocenters. The van der Waals surface area contributed by atoms with E-state index in [1.807, 2.05) is 24.4 Å². The first-order valence-electron chi connectivity index (χ1n) is 5.30. The van der Waals surface area contributed by atoms with Crippen LogP contribution in [0.3, 0.4) is 0 Å². The Morgan fingerprint density at radius 1 is 1.44 bits per heavy atom. The van der Waals surface area contributed by atoms with Gasteiger partial charge in [-0.25, -0.2) is 14.3 Å². The zero-order valence-corrected chi connectivity index (χ0v) is 10.3. The number of hydrogen-bond donors (Lipinski definition) is 1. The molecule has 5 nitrogen and oxygen atoms in total. The van der Waals surface area contributed by atoms with Crippen LogP contribution in [-0.2, 0) is 0 Å². The maximum Gasteiger partial charge on any atom is 0.354 e. The first-order chi connectivity index (χ1) is 8.65. The van der Waals surface area contributed by atoms with Gasteiger partial charge in [0.1, 0.15) is 0 Å². The topological polar surface area (TPSA) is 67.5 Å². The lowest BCUT2D eigenvalue weighted by atomic mass is 10.3. The van der Waals surface area contributed by atoms with Gasteiger partial charge in [0.2, 0.25) is 0 Å². The zero-order chi connectivity index (χ0) is 12.7. The summed E-state index contributed by atoms with van der Waals surface area (Å²) in [5.74, 6) is -1.01. The van der Waals surface area contributed by atoms with Crippen molar-refractivity contribution in [3.8, 4) is 10.6 Å². The fourth-order valence-electron chi connectivity index (χ4n) is 1.79. The van der Waals surface area contributed by atoms with Crippen molar-refractivity contribution in [1.82, 2.24) is 14.6 Å². The van der Waals surface area contributed by atoms with Gasteiger partial charge >= 0.3 is 5.97 Å². The Morgan fingerprint density at radius 3 is 2.94 bits per heavy atom. The van der Waals surface area contributed by atoms with E-state index in [-0.39, 0.29) is 5.69 Å². The number of fused-ring (bicyclic) bond motifs is 1. The molecule has 3 rings (SSSR count). The van der Waals surface area contributed by atoms with Crippen LogP contribution < -0.4 is 0 Å². The van der Waals surface area contributed by atoms with Gasteiger partial charge in [-0.3, -0.25) is 0 Å². The SMILES string of the molecule is Cc1cc2nc(-c3cccs3)cc(C(=O)O)n2n1. The molecule has 3 aromatic heterocycles. The molecule has 3 heterocycles. The highest BCUT2D eigenvalue weighted by Crippen LogP contribution is 2.24. The third kappa shape index (κ3) is 1.67. The molecule has 18 heavy (non-hydrogen) atoms. The zero-order valence-electron chi connectivity index (χ0n) is 9.49. The van der Waals surface area contributed by atoms with Gasteiger partial charge in [0.05, 0.1) is 16.3 Å². The first kappa shape index (κ1) is 10.9. The monoisotopic (exact) mass is 259 g/mol. The van der Waals surface area contributed by atoms with Crippen molar-refractivity contribution in [3.63, 3.8) is 0 Å². The van der Waals surface area contributed by atoms with Crippen molar-refractivity contribution in [3.05, 3.63) is 41.0 Å². The van der Waals surface area contributed by atoms with Crippen LogP contribution in [0.1, 0.15) is 16.2 Å². The van der Waals surface area contributed by atoms with E-state index in [0.717, 1.165) is 10.6 Å². The summed E-state index contributed by atoms with van der Waals surface area (Å²) in [6, 6.07) is 7.14. The number of aryl methyl sites for hydroxylation is 1. The molecule has 6 heteroatoms. The van der Waals surface area contributed by atoms with Crippen molar-refractivity contribution in [2.24, 2.45) is 0 Å². The van der Waals surface area contributed by atoms with Crippen LogP contribution >= 0.6 is 11.3 Å². The van der Waals surface area contributed by atoms with Crippen LogP contribution in [0, 0.1) is 6.92 Å². The number of thiophene rings is 1. The minimum Gasteiger partial charge on any atom is -0.477 e. The minimum atomic E-state index is -1.01. The molecule has 0 saturated carbocycles.